The number of nitrogens with zero attached hydrogens (tertiary/aromatic N) is 1. The van der Waals surface area contributed by atoms with Crippen molar-refractivity contribution in [2.45, 2.75) is 6.54 Å². The molecule has 2 aromatic rings. The molecule has 0 atom stereocenters. The molecule has 0 fully saturated rings. The molecule has 2 rings (SSSR count). The van der Waals surface area contributed by atoms with Crippen LogP contribution in [0, 0.1) is 10.1 Å². The van der Waals surface area contributed by atoms with E-state index in [1.54, 1.807) is 24.3 Å². The number of nitrogens with one attached hydrogen (secondary N) is 2. The molecule has 0 aliphatic heterocycles. The zero-order valence-electron chi connectivity index (χ0n) is 13.2. The SMILES string of the molecule is CS(=O)(=O)Nc1ccccc1CNC(=O)c1ccc(N)c([N+](=O)[O-])c1. The quantitative estimate of drug-likeness (QED) is 0.402. The summed E-state index contributed by atoms with van der Waals surface area (Å²) in [6.07, 6.45) is 1.02. The number of para-hydroxylation sites is 1. The van der Waals surface area contributed by atoms with Gasteiger partial charge in [-0.2, -0.15) is 0 Å². The predicted octanol–water partition coefficient (Wildman–Crippen LogP) is 1.48. The van der Waals surface area contributed by atoms with Crippen molar-refractivity contribution >= 4 is 33.0 Å². The molecule has 0 aromatic heterocycles. The molecule has 25 heavy (non-hydrogen) atoms. The molecule has 0 saturated heterocycles. The number of rotatable bonds is 6. The molecular weight excluding hydrogens is 348 g/mol. The van der Waals surface area contributed by atoms with Crippen LogP contribution in [0.1, 0.15) is 15.9 Å². The fraction of sp³-hybridized carbons (Fsp3) is 0.133. The lowest BCUT2D eigenvalue weighted by atomic mass is 10.1. The van der Waals surface area contributed by atoms with Crippen molar-refractivity contribution in [2.75, 3.05) is 16.7 Å². The molecule has 0 saturated carbocycles. The second kappa shape index (κ2) is 7.18. The Balaban J connectivity index is 2.16. The van der Waals surface area contributed by atoms with Crippen LogP contribution in [0.2, 0.25) is 0 Å². The highest BCUT2D eigenvalue weighted by Gasteiger charge is 2.16. The minimum Gasteiger partial charge on any atom is -0.393 e. The van der Waals surface area contributed by atoms with Crippen LogP contribution in [-0.2, 0) is 16.6 Å². The number of anilines is 2. The Morgan fingerprint density at radius 1 is 1.24 bits per heavy atom. The molecule has 9 nitrogen and oxygen atoms in total. The molecule has 1 amide bonds. The molecule has 2 aromatic carbocycles. The number of nitrogen functional groups attached to an aromatic ring is 1. The zero-order chi connectivity index (χ0) is 18.6. The van der Waals surface area contributed by atoms with Gasteiger partial charge in [0.25, 0.3) is 11.6 Å². The molecule has 0 aliphatic carbocycles. The Kier molecular flexibility index (Phi) is 5.22. The van der Waals surface area contributed by atoms with Gasteiger partial charge in [-0.1, -0.05) is 18.2 Å². The first-order chi connectivity index (χ1) is 11.7. The summed E-state index contributed by atoms with van der Waals surface area (Å²) in [7, 11) is -3.46. The van der Waals surface area contributed by atoms with E-state index in [4.69, 9.17) is 5.73 Å². The molecule has 10 heteroatoms. The number of amides is 1. The lowest BCUT2D eigenvalue weighted by Gasteiger charge is -2.11. The first kappa shape index (κ1) is 18.2. The van der Waals surface area contributed by atoms with Crippen LogP contribution in [-0.4, -0.2) is 25.5 Å². The van der Waals surface area contributed by atoms with Crippen LogP contribution in [0.15, 0.2) is 42.5 Å². The number of carbonyl (C=O) groups is 1. The third-order valence-electron chi connectivity index (χ3n) is 3.24. The van der Waals surface area contributed by atoms with Gasteiger partial charge >= 0.3 is 0 Å². The zero-order valence-corrected chi connectivity index (χ0v) is 14.0. The Bertz CT molecular complexity index is 927. The van der Waals surface area contributed by atoms with Crippen LogP contribution in [0.5, 0.6) is 0 Å². The average molecular weight is 364 g/mol. The molecule has 132 valence electrons. The molecule has 0 heterocycles. The monoisotopic (exact) mass is 364 g/mol. The number of nitrogens with two attached hydrogens (primary N) is 1. The summed E-state index contributed by atoms with van der Waals surface area (Å²) in [5.74, 6) is -0.544. The van der Waals surface area contributed by atoms with E-state index in [1.807, 2.05) is 0 Å². The largest absolute Gasteiger partial charge is 0.393 e. The highest BCUT2D eigenvalue weighted by Crippen LogP contribution is 2.22. The summed E-state index contributed by atoms with van der Waals surface area (Å²) in [6.45, 7) is 0.0374. The molecule has 0 spiro atoms. The summed E-state index contributed by atoms with van der Waals surface area (Å²) >= 11 is 0. The van der Waals surface area contributed by atoms with Gasteiger partial charge in [0.2, 0.25) is 10.0 Å². The van der Waals surface area contributed by atoms with Crippen LogP contribution < -0.4 is 15.8 Å². The average Bonchev–Trinajstić information content (AvgIpc) is 2.52. The standard InChI is InChI=1S/C15H16N4O5S/c1-25(23,24)18-13-5-3-2-4-11(13)9-17-15(20)10-6-7-12(16)14(8-10)19(21)22/h2-8,18H,9,16H2,1H3,(H,17,20). The van der Waals surface area contributed by atoms with Gasteiger partial charge in [0, 0.05) is 18.2 Å². The van der Waals surface area contributed by atoms with E-state index in [0.29, 0.717) is 11.3 Å². The van der Waals surface area contributed by atoms with Crippen molar-refractivity contribution in [1.29, 1.82) is 0 Å². The summed E-state index contributed by atoms with van der Waals surface area (Å²) in [5.41, 5.74) is 6.07. The normalized spacial score (nSPS) is 10.9. The third-order valence-corrected chi connectivity index (χ3v) is 3.83. The maximum Gasteiger partial charge on any atom is 0.292 e. The van der Waals surface area contributed by atoms with Crippen molar-refractivity contribution in [3.63, 3.8) is 0 Å². The van der Waals surface area contributed by atoms with E-state index >= 15 is 0 Å². The number of sulfonamides is 1. The van der Waals surface area contributed by atoms with Gasteiger partial charge in [-0.15, -0.1) is 0 Å². The van der Waals surface area contributed by atoms with Gasteiger partial charge in [0.15, 0.2) is 0 Å². The van der Waals surface area contributed by atoms with E-state index in [1.165, 1.54) is 12.1 Å². The van der Waals surface area contributed by atoms with Crippen molar-refractivity contribution in [2.24, 2.45) is 0 Å². The number of nitro groups is 1. The van der Waals surface area contributed by atoms with E-state index in [2.05, 4.69) is 10.0 Å². The lowest BCUT2D eigenvalue weighted by Crippen LogP contribution is -2.24. The van der Waals surface area contributed by atoms with Gasteiger partial charge in [-0.3, -0.25) is 19.6 Å². The minimum atomic E-state index is -3.46. The second-order valence-corrected chi connectivity index (χ2v) is 6.99. The summed E-state index contributed by atoms with van der Waals surface area (Å²) < 4.78 is 25.1. The van der Waals surface area contributed by atoms with Gasteiger partial charge in [0.05, 0.1) is 16.9 Å². The van der Waals surface area contributed by atoms with E-state index in [-0.39, 0.29) is 23.5 Å². The fourth-order valence-corrected chi connectivity index (χ4v) is 2.69. The number of hydrogen-bond donors (Lipinski definition) is 3. The molecule has 0 aliphatic rings. The molecular formula is C15H16N4O5S. The van der Waals surface area contributed by atoms with Gasteiger partial charge in [-0.25, -0.2) is 8.42 Å². The maximum atomic E-state index is 12.2. The number of benzene rings is 2. The lowest BCUT2D eigenvalue weighted by molar-refractivity contribution is -0.383. The first-order valence-corrected chi connectivity index (χ1v) is 8.94. The van der Waals surface area contributed by atoms with E-state index < -0.39 is 20.9 Å². The summed E-state index contributed by atoms with van der Waals surface area (Å²) in [5, 5.41) is 13.5. The Morgan fingerprint density at radius 2 is 1.92 bits per heavy atom. The Hall–Kier alpha value is -3.14. The molecule has 0 bridgehead atoms. The Morgan fingerprint density at radius 3 is 2.56 bits per heavy atom. The summed E-state index contributed by atoms with van der Waals surface area (Å²) in [6, 6.07) is 10.3. The van der Waals surface area contributed by atoms with E-state index in [0.717, 1.165) is 12.3 Å². The smallest absolute Gasteiger partial charge is 0.292 e. The van der Waals surface area contributed by atoms with E-state index in [9.17, 15) is 23.3 Å². The minimum absolute atomic E-state index is 0.0374. The van der Waals surface area contributed by atoms with Crippen LogP contribution >= 0.6 is 0 Å². The van der Waals surface area contributed by atoms with Gasteiger partial charge in [-0.05, 0) is 23.8 Å². The second-order valence-electron chi connectivity index (χ2n) is 5.24. The number of carbonyl (C=O) groups excluding carboxylic acids is 1. The highest BCUT2D eigenvalue weighted by molar-refractivity contribution is 7.92. The molecule has 4 N–H and O–H groups in total. The topological polar surface area (TPSA) is 144 Å². The molecule has 0 radical (unpaired) electrons. The molecule has 0 unspecified atom stereocenters. The van der Waals surface area contributed by atoms with Crippen LogP contribution in [0.3, 0.4) is 0 Å². The number of hydrogen-bond acceptors (Lipinski definition) is 6. The predicted molar refractivity (Wildman–Crippen MR) is 93.6 cm³/mol. The first-order valence-electron chi connectivity index (χ1n) is 7.05. The maximum absolute atomic E-state index is 12.2. The van der Waals surface area contributed by atoms with Gasteiger partial charge in [0.1, 0.15) is 5.69 Å². The van der Waals surface area contributed by atoms with Crippen molar-refractivity contribution < 1.29 is 18.1 Å². The van der Waals surface area contributed by atoms with Crippen LogP contribution in [0.25, 0.3) is 0 Å². The van der Waals surface area contributed by atoms with Crippen molar-refractivity contribution in [1.82, 2.24) is 5.32 Å². The van der Waals surface area contributed by atoms with Crippen molar-refractivity contribution in [3.05, 3.63) is 63.7 Å². The Labute approximate surface area is 144 Å². The number of nitro benzene ring substituents is 1. The van der Waals surface area contributed by atoms with Gasteiger partial charge < -0.3 is 11.1 Å². The van der Waals surface area contributed by atoms with Crippen LogP contribution in [0.4, 0.5) is 17.1 Å². The third kappa shape index (κ3) is 4.91. The fourth-order valence-electron chi connectivity index (χ4n) is 2.09. The summed E-state index contributed by atoms with van der Waals surface area (Å²) in [4.78, 5) is 22.4. The van der Waals surface area contributed by atoms with Crippen molar-refractivity contribution in [3.8, 4) is 0 Å². The highest BCUT2D eigenvalue weighted by atomic mass is 32.2.